The van der Waals surface area contributed by atoms with Gasteiger partial charge in [-0.25, -0.2) is 0 Å². The second-order valence-electron chi connectivity index (χ2n) is 6.92. The van der Waals surface area contributed by atoms with Gasteiger partial charge in [0.25, 0.3) is 0 Å². The molecule has 2 aromatic heterocycles. The zero-order valence-electron chi connectivity index (χ0n) is 15.7. The zero-order valence-corrected chi connectivity index (χ0v) is 15.7. The van der Waals surface area contributed by atoms with Crippen molar-refractivity contribution in [2.45, 2.75) is 51.7 Å². The number of nitrogens with one attached hydrogen (secondary N) is 2. The summed E-state index contributed by atoms with van der Waals surface area (Å²) in [6.07, 6.45) is 1.41. The molecule has 154 valence electrons. The fourth-order valence-electron chi connectivity index (χ4n) is 3.10. The van der Waals surface area contributed by atoms with Crippen LogP contribution in [0.3, 0.4) is 0 Å². The first-order valence-corrected chi connectivity index (χ1v) is 9.36. The Kier molecular flexibility index (Phi) is 6.58. The lowest BCUT2D eigenvalue weighted by Gasteiger charge is -2.21. The molecule has 1 fully saturated rings. The van der Waals surface area contributed by atoms with Crippen molar-refractivity contribution in [1.82, 2.24) is 15.0 Å². The minimum atomic E-state index is -4.47. The van der Waals surface area contributed by atoms with Crippen LogP contribution in [0.25, 0.3) is 0 Å². The topological polar surface area (TPSA) is 85.1 Å². The Morgan fingerprint density at radius 2 is 1.79 bits per heavy atom. The predicted molar refractivity (Wildman–Crippen MR) is 97.2 cm³/mol. The second kappa shape index (κ2) is 9.11. The van der Waals surface area contributed by atoms with E-state index in [4.69, 9.17) is 9.15 Å². The lowest BCUT2D eigenvalue weighted by atomic mass is 9.89. The molecule has 0 atom stereocenters. The molecular formula is C18H24F3N5O2. The van der Waals surface area contributed by atoms with Crippen LogP contribution in [0.1, 0.15) is 43.6 Å². The summed E-state index contributed by atoms with van der Waals surface area (Å²) in [5.41, 5.74) is 0. The molecule has 2 aromatic rings. The highest BCUT2D eigenvalue weighted by Gasteiger charge is 2.29. The van der Waals surface area contributed by atoms with Crippen LogP contribution >= 0.6 is 0 Å². The van der Waals surface area contributed by atoms with Gasteiger partial charge in [0.1, 0.15) is 11.5 Å². The molecule has 3 rings (SSSR count). The van der Waals surface area contributed by atoms with E-state index in [-0.39, 0.29) is 17.9 Å². The third kappa shape index (κ3) is 6.58. The highest BCUT2D eigenvalue weighted by Crippen LogP contribution is 2.24. The fraction of sp³-hybridized carbons (Fsp3) is 0.611. The molecular weight excluding hydrogens is 375 g/mol. The van der Waals surface area contributed by atoms with Crippen molar-refractivity contribution < 1.29 is 22.3 Å². The maximum Gasteiger partial charge on any atom is 0.422 e. The number of aromatic nitrogens is 3. The first-order valence-electron chi connectivity index (χ1n) is 9.36. The van der Waals surface area contributed by atoms with E-state index in [9.17, 15) is 13.2 Å². The molecule has 2 N–H and O–H groups in total. The summed E-state index contributed by atoms with van der Waals surface area (Å²) in [6.45, 7) is 1.32. The SMILES string of the molecule is Cc1ccc(CNc2nc(NCC3CCCCC3)nc(OCC(F)(F)F)n2)o1. The molecule has 0 radical (unpaired) electrons. The number of rotatable bonds is 8. The standard InChI is InChI=1S/C18H24F3N5O2/c1-12-7-8-14(28-12)10-23-16-24-15(22-9-13-5-3-2-4-6-13)25-17(26-16)27-11-18(19,20)21/h7-8,13H,2-6,9-11H2,1H3,(H2,22,23,24,25,26). The lowest BCUT2D eigenvalue weighted by Crippen LogP contribution is -2.22. The molecule has 2 heterocycles. The van der Waals surface area contributed by atoms with Crippen molar-refractivity contribution in [2.24, 2.45) is 5.92 Å². The van der Waals surface area contributed by atoms with Crippen LogP contribution in [-0.4, -0.2) is 34.3 Å². The summed E-state index contributed by atoms with van der Waals surface area (Å²) >= 11 is 0. The molecule has 0 amide bonds. The molecule has 0 aliphatic heterocycles. The van der Waals surface area contributed by atoms with Crippen molar-refractivity contribution in [3.8, 4) is 6.01 Å². The van der Waals surface area contributed by atoms with Gasteiger partial charge in [-0.1, -0.05) is 19.3 Å². The van der Waals surface area contributed by atoms with E-state index >= 15 is 0 Å². The molecule has 7 nitrogen and oxygen atoms in total. The average molecular weight is 399 g/mol. The number of hydrogen-bond donors (Lipinski definition) is 2. The summed E-state index contributed by atoms with van der Waals surface area (Å²) in [4.78, 5) is 12.1. The summed E-state index contributed by atoms with van der Waals surface area (Å²) in [7, 11) is 0. The van der Waals surface area contributed by atoms with Crippen LogP contribution in [0.2, 0.25) is 0 Å². The Morgan fingerprint density at radius 3 is 2.43 bits per heavy atom. The quantitative estimate of drug-likeness (QED) is 0.684. The van der Waals surface area contributed by atoms with Gasteiger partial charge < -0.3 is 19.8 Å². The van der Waals surface area contributed by atoms with E-state index < -0.39 is 12.8 Å². The van der Waals surface area contributed by atoms with Crippen LogP contribution < -0.4 is 15.4 Å². The van der Waals surface area contributed by atoms with Crippen molar-refractivity contribution >= 4 is 11.9 Å². The Labute approximate surface area is 161 Å². The lowest BCUT2D eigenvalue weighted by molar-refractivity contribution is -0.154. The third-order valence-electron chi connectivity index (χ3n) is 4.47. The van der Waals surface area contributed by atoms with Crippen molar-refractivity contribution in [3.05, 3.63) is 23.7 Å². The number of nitrogens with zero attached hydrogens (tertiary/aromatic N) is 3. The zero-order chi connectivity index (χ0) is 20.0. The molecule has 1 saturated carbocycles. The van der Waals surface area contributed by atoms with Gasteiger partial charge in [-0.05, 0) is 37.8 Å². The van der Waals surface area contributed by atoms with Crippen LogP contribution in [0.4, 0.5) is 25.1 Å². The number of ether oxygens (including phenoxy) is 1. The van der Waals surface area contributed by atoms with E-state index in [1.54, 1.807) is 6.07 Å². The molecule has 0 spiro atoms. The fourth-order valence-corrected chi connectivity index (χ4v) is 3.10. The Hall–Kier alpha value is -2.52. The summed E-state index contributed by atoms with van der Waals surface area (Å²) in [5, 5.41) is 6.04. The third-order valence-corrected chi connectivity index (χ3v) is 4.47. The monoisotopic (exact) mass is 399 g/mol. The largest absolute Gasteiger partial charge is 0.465 e. The van der Waals surface area contributed by atoms with Gasteiger partial charge in [-0.2, -0.15) is 28.1 Å². The van der Waals surface area contributed by atoms with Crippen molar-refractivity contribution in [2.75, 3.05) is 23.8 Å². The van der Waals surface area contributed by atoms with Gasteiger partial charge >= 0.3 is 12.2 Å². The first-order chi connectivity index (χ1) is 13.4. The number of anilines is 2. The smallest absolute Gasteiger partial charge is 0.422 e. The second-order valence-corrected chi connectivity index (χ2v) is 6.92. The predicted octanol–water partition coefficient (Wildman–Crippen LogP) is 4.32. The van der Waals surface area contributed by atoms with Gasteiger partial charge in [0.15, 0.2) is 6.61 Å². The maximum atomic E-state index is 12.5. The number of furan rings is 1. The molecule has 0 aromatic carbocycles. The van der Waals surface area contributed by atoms with E-state index in [1.807, 2.05) is 13.0 Å². The van der Waals surface area contributed by atoms with Crippen LogP contribution in [0.5, 0.6) is 6.01 Å². The van der Waals surface area contributed by atoms with Crippen LogP contribution in [0, 0.1) is 12.8 Å². The Bertz CT molecular complexity index is 760. The van der Waals surface area contributed by atoms with Crippen molar-refractivity contribution in [3.63, 3.8) is 0 Å². The van der Waals surface area contributed by atoms with Gasteiger partial charge in [0, 0.05) is 6.54 Å². The van der Waals surface area contributed by atoms with Gasteiger partial charge in [-0.3, -0.25) is 0 Å². The Balaban J connectivity index is 1.67. The van der Waals surface area contributed by atoms with E-state index in [1.165, 1.54) is 19.3 Å². The summed E-state index contributed by atoms with van der Waals surface area (Å²) in [6, 6.07) is 3.24. The summed E-state index contributed by atoms with van der Waals surface area (Å²) in [5.74, 6) is 2.24. The summed E-state index contributed by atoms with van der Waals surface area (Å²) < 4.78 is 47.6. The average Bonchev–Trinajstić information content (AvgIpc) is 3.09. The van der Waals surface area contributed by atoms with Crippen molar-refractivity contribution in [1.29, 1.82) is 0 Å². The van der Waals surface area contributed by atoms with E-state index in [0.29, 0.717) is 24.8 Å². The molecule has 0 unspecified atom stereocenters. The van der Waals surface area contributed by atoms with Gasteiger partial charge in [0.05, 0.1) is 6.54 Å². The minimum Gasteiger partial charge on any atom is -0.465 e. The molecule has 0 bridgehead atoms. The minimum absolute atomic E-state index is 0.118. The Morgan fingerprint density at radius 1 is 1.07 bits per heavy atom. The number of halogens is 3. The molecule has 28 heavy (non-hydrogen) atoms. The van der Waals surface area contributed by atoms with Crippen LogP contribution in [0.15, 0.2) is 16.5 Å². The number of hydrogen-bond acceptors (Lipinski definition) is 7. The highest BCUT2D eigenvalue weighted by molar-refractivity contribution is 5.36. The van der Waals surface area contributed by atoms with E-state index in [0.717, 1.165) is 18.6 Å². The number of aryl methyl sites for hydroxylation is 1. The number of alkyl halides is 3. The van der Waals surface area contributed by atoms with Gasteiger partial charge in [-0.15, -0.1) is 0 Å². The molecule has 10 heteroatoms. The maximum absolute atomic E-state index is 12.5. The van der Waals surface area contributed by atoms with E-state index in [2.05, 4.69) is 25.6 Å². The first kappa shape index (κ1) is 20.2. The molecule has 1 aliphatic rings. The molecule has 1 aliphatic carbocycles. The normalized spacial score (nSPS) is 15.4. The van der Waals surface area contributed by atoms with Gasteiger partial charge in [0.2, 0.25) is 11.9 Å². The molecule has 0 saturated heterocycles. The highest BCUT2D eigenvalue weighted by atomic mass is 19.4. The van der Waals surface area contributed by atoms with Crippen LogP contribution in [-0.2, 0) is 6.54 Å².